The minimum Gasteiger partial charge on any atom is -0.308 e. The Morgan fingerprint density at radius 2 is 1.90 bits per heavy atom. The monoisotopic (exact) mass is 552 g/mol. The summed E-state index contributed by atoms with van der Waals surface area (Å²) in [5.74, 6) is 6.06. The highest BCUT2D eigenvalue weighted by molar-refractivity contribution is 6.61. The lowest BCUT2D eigenvalue weighted by Crippen LogP contribution is -2.45. The number of benzene rings is 1. The number of halogens is 3. The van der Waals surface area contributed by atoms with E-state index in [1.165, 1.54) is 18.3 Å². The van der Waals surface area contributed by atoms with Crippen molar-refractivity contribution in [3.8, 4) is 11.8 Å². The molecule has 0 spiro atoms. The summed E-state index contributed by atoms with van der Waals surface area (Å²) in [4.78, 5) is 25.1. The van der Waals surface area contributed by atoms with Crippen LogP contribution in [0.4, 0.5) is 29.5 Å². The lowest BCUT2D eigenvalue weighted by atomic mass is 9.96. The van der Waals surface area contributed by atoms with E-state index in [2.05, 4.69) is 44.3 Å². The molecule has 9 nitrogen and oxygen atoms in total. The van der Waals surface area contributed by atoms with E-state index < -0.39 is 17.8 Å². The summed E-state index contributed by atoms with van der Waals surface area (Å²) in [6, 6.07) is 6.32. The number of nitrogens with zero attached hydrogens (tertiary/aromatic N) is 4. The van der Waals surface area contributed by atoms with Crippen LogP contribution in [-0.2, 0) is 12.7 Å². The third-order valence-corrected chi connectivity index (χ3v) is 6.78. The molecule has 0 bridgehead atoms. The number of anilines is 2. The van der Waals surface area contributed by atoms with Gasteiger partial charge in [-0.1, -0.05) is 24.8 Å². The van der Waals surface area contributed by atoms with Gasteiger partial charge in [0.25, 0.3) is 0 Å². The van der Waals surface area contributed by atoms with Crippen molar-refractivity contribution < 1.29 is 18.0 Å². The van der Waals surface area contributed by atoms with Crippen LogP contribution in [0.2, 0.25) is 0 Å². The van der Waals surface area contributed by atoms with Gasteiger partial charge in [0.05, 0.1) is 23.5 Å². The summed E-state index contributed by atoms with van der Waals surface area (Å²) < 4.78 is 41.7. The van der Waals surface area contributed by atoms with Gasteiger partial charge in [-0.25, -0.2) is 9.78 Å². The van der Waals surface area contributed by atoms with Gasteiger partial charge in [-0.05, 0) is 36.4 Å². The van der Waals surface area contributed by atoms with Crippen molar-refractivity contribution in [2.75, 3.05) is 49.9 Å². The largest absolute Gasteiger partial charge is 0.416 e. The van der Waals surface area contributed by atoms with E-state index in [4.69, 9.17) is 10.8 Å². The SMILES string of the molecule is CCN1CCN(Cc2ccc(NC(=O)Nc3cc(C#CC4CN=C(C=N)C(=N)C4)ccn3)cc2C(F)(F)F)CC1. The van der Waals surface area contributed by atoms with Crippen molar-refractivity contribution >= 4 is 35.2 Å². The standard InChI is InChI=1S/C28H31F3N8O/c1-2-38-9-11-39(12-10-38)18-21-5-6-22(15-23(21)28(29,30)31)36-27(40)37-26-14-19(7-8-34-26)3-4-20-13-24(33)25(16-32)35-17-20/h5-8,14-16,20,32-33H,2,9-13,17-18H2,1H3,(H2,34,36,37,40). The van der Waals surface area contributed by atoms with Crippen LogP contribution in [0.15, 0.2) is 41.5 Å². The molecule has 3 heterocycles. The van der Waals surface area contributed by atoms with Crippen LogP contribution < -0.4 is 10.6 Å². The maximum absolute atomic E-state index is 13.9. The average Bonchev–Trinajstić information content (AvgIpc) is 2.93. The number of nitrogens with one attached hydrogen (secondary N) is 4. The molecule has 2 amide bonds. The summed E-state index contributed by atoms with van der Waals surface area (Å²) in [5.41, 5.74) is 0.621. The normalized spacial score (nSPS) is 18.4. The summed E-state index contributed by atoms with van der Waals surface area (Å²) in [5, 5.41) is 20.2. The number of carbonyl (C=O) groups excluding carboxylic acids is 1. The van der Waals surface area contributed by atoms with Crippen LogP contribution in [0.25, 0.3) is 0 Å². The van der Waals surface area contributed by atoms with Crippen LogP contribution in [0.5, 0.6) is 0 Å². The molecule has 12 heteroatoms. The number of aromatic nitrogens is 1. The first-order chi connectivity index (χ1) is 19.1. The van der Waals surface area contributed by atoms with Crippen molar-refractivity contribution in [2.45, 2.75) is 26.1 Å². The maximum Gasteiger partial charge on any atom is 0.416 e. The lowest BCUT2D eigenvalue weighted by Gasteiger charge is -2.34. The van der Waals surface area contributed by atoms with Crippen LogP contribution in [0.1, 0.15) is 30.0 Å². The molecule has 0 saturated carbocycles. The van der Waals surface area contributed by atoms with Gasteiger partial charge in [0.15, 0.2) is 0 Å². The fraction of sp³-hybridized carbons (Fsp3) is 0.393. The number of alkyl halides is 3. The average molecular weight is 553 g/mol. The molecule has 1 atom stereocenters. The number of pyridine rings is 1. The highest BCUT2D eigenvalue weighted by Crippen LogP contribution is 2.34. The Kier molecular flexibility index (Phi) is 9.29. The second-order valence-corrected chi connectivity index (χ2v) is 9.61. The molecule has 4 rings (SSSR count). The number of rotatable bonds is 6. The Morgan fingerprint density at radius 1 is 1.15 bits per heavy atom. The highest BCUT2D eigenvalue weighted by Gasteiger charge is 2.34. The van der Waals surface area contributed by atoms with Crippen molar-refractivity contribution in [1.82, 2.24) is 14.8 Å². The second kappa shape index (κ2) is 12.8. The molecule has 210 valence electrons. The molecule has 0 radical (unpaired) electrons. The van der Waals surface area contributed by atoms with Gasteiger partial charge in [-0.2, -0.15) is 13.2 Å². The Hall–Kier alpha value is -4.08. The third kappa shape index (κ3) is 7.74. The number of carbonyl (C=O) groups is 1. The Balaban J connectivity index is 1.39. The number of hydrogen-bond donors (Lipinski definition) is 4. The van der Waals surface area contributed by atoms with Crippen molar-refractivity contribution in [1.29, 1.82) is 10.8 Å². The number of aliphatic imine (C=N–C) groups is 1. The Morgan fingerprint density at radius 3 is 2.58 bits per heavy atom. The van der Waals surface area contributed by atoms with E-state index >= 15 is 0 Å². The first-order valence-corrected chi connectivity index (χ1v) is 13.0. The van der Waals surface area contributed by atoms with Gasteiger partial charge in [0, 0.05) is 68.7 Å². The molecule has 1 saturated heterocycles. The van der Waals surface area contributed by atoms with Crippen molar-refractivity contribution in [3.63, 3.8) is 0 Å². The van der Waals surface area contributed by atoms with Gasteiger partial charge in [0.1, 0.15) is 5.82 Å². The molecule has 2 aromatic rings. The van der Waals surface area contributed by atoms with E-state index in [-0.39, 0.29) is 35.2 Å². The fourth-order valence-corrected chi connectivity index (χ4v) is 4.55. The summed E-state index contributed by atoms with van der Waals surface area (Å²) in [6.45, 7) is 6.63. The zero-order chi connectivity index (χ0) is 28.7. The van der Waals surface area contributed by atoms with Gasteiger partial charge in [0.2, 0.25) is 0 Å². The van der Waals surface area contributed by atoms with Gasteiger partial charge < -0.3 is 21.0 Å². The maximum atomic E-state index is 13.9. The van der Waals surface area contributed by atoms with Crippen molar-refractivity contribution in [3.05, 3.63) is 53.2 Å². The quantitative estimate of drug-likeness (QED) is 0.314. The van der Waals surface area contributed by atoms with E-state index in [9.17, 15) is 18.0 Å². The topological polar surface area (TPSA) is 121 Å². The second-order valence-electron chi connectivity index (χ2n) is 9.61. The minimum absolute atomic E-state index is 0.0184. The molecule has 4 N–H and O–H groups in total. The summed E-state index contributed by atoms with van der Waals surface area (Å²) in [7, 11) is 0. The minimum atomic E-state index is -4.56. The van der Waals surface area contributed by atoms with E-state index in [1.54, 1.807) is 12.1 Å². The predicted octanol–water partition coefficient (Wildman–Crippen LogP) is 4.36. The lowest BCUT2D eigenvalue weighted by molar-refractivity contribution is -0.138. The summed E-state index contributed by atoms with van der Waals surface area (Å²) in [6.07, 6.45) is -1.64. The molecule has 40 heavy (non-hydrogen) atoms. The molecule has 2 aliphatic heterocycles. The van der Waals surface area contributed by atoms with Crippen LogP contribution in [0.3, 0.4) is 0 Å². The number of likely N-dealkylation sites (N-methyl/N-ethyl adjacent to an activating group) is 1. The zero-order valence-electron chi connectivity index (χ0n) is 22.1. The summed E-state index contributed by atoms with van der Waals surface area (Å²) >= 11 is 0. The molecular formula is C28H31F3N8O. The third-order valence-electron chi connectivity index (χ3n) is 6.78. The molecular weight excluding hydrogens is 521 g/mol. The first kappa shape index (κ1) is 28.9. The highest BCUT2D eigenvalue weighted by atomic mass is 19.4. The van der Waals surface area contributed by atoms with Gasteiger partial charge in [-0.3, -0.25) is 15.2 Å². The van der Waals surface area contributed by atoms with E-state index in [0.717, 1.165) is 31.9 Å². The molecule has 2 aliphatic rings. The molecule has 1 unspecified atom stereocenters. The van der Waals surface area contributed by atoms with Crippen LogP contribution in [-0.4, -0.2) is 77.7 Å². The van der Waals surface area contributed by atoms with Gasteiger partial charge in [-0.15, -0.1) is 0 Å². The Bertz CT molecular complexity index is 1350. The van der Waals surface area contributed by atoms with Gasteiger partial charge >= 0.3 is 12.2 Å². The number of urea groups is 1. The number of amides is 2. The Labute approximate surface area is 230 Å². The van der Waals surface area contributed by atoms with Crippen molar-refractivity contribution in [2.24, 2.45) is 10.9 Å². The number of hydrogen-bond acceptors (Lipinski definition) is 7. The first-order valence-electron chi connectivity index (χ1n) is 13.0. The molecule has 0 aliphatic carbocycles. The molecule has 1 fully saturated rings. The molecule has 1 aromatic heterocycles. The van der Waals surface area contributed by atoms with E-state index in [0.29, 0.717) is 37.3 Å². The number of piperazine rings is 1. The predicted molar refractivity (Wildman–Crippen MR) is 150 cm³/mol. The van der Waals surface area contributed by atoms with Crippen LogP contribution in [0, 0.1) is 28.6 Å². The van der Waals surface area contributed by atoms with Crippen LogP contribution >= 0.6 is 0 Å². The van der Waals surface area contributed by atoms with E-state index in [1.807, 2.05) is 4.90 Å². The smallest absolute Gasteiger partial charge is 0.308 e. The fourth-order valence-electron chi connectivity index (χ4n) is 4.55. The zero-order valence-corrected chi connectivity index (χ0v) is 22.1. The molecule has 1 aromatic carbocycles.